The minimum atomic E-state index is -0.253. The van der Waals surface area contributed by atoms with Gasteiger partial charge in [0.05, 0.1) is 17.9 Å². The standard InChI is InChI=1S/C11H14N6/c1-6-8(17-5-9(12)16-11(17)13)4-7-2-3-14-10(7)15-6/h2-4,9H,5,12H2,1H3,(H2,13,16)(H,14,15). The van der Waals surface area contributed by atoms with Gasteiger partial charge >= 0.3 is 0 Å². The molecular formula is C11H14N6. The zero-order chi connectivity index (χ0) is 12.0. The van der Waals surface area contributed by atoms with Gasteiger partial charge in [0.2, 0.25) is 0 Å². The molecule has 0 saturated heterocycles. The maximum absolute atomic E-state index is 5.85. The van der Waals surface area contributed by atoms with Crippen molar-refractivity contribution in [1.82, 2.24) is 9.97 Å². The van der Waals surface area contributed by atoms with Crippen LogP contribution < -0.4 is 16.4 Å². The number of H-pyrrole nitrogens is 1. The molecule has 2 aromatic heterocycles. The molecule has 0 fully saturated rings. The first-order valence-corrected chi connectivity index (χ1v) is 5.46. The lowest BCUT2D eigenvalue weighted by molar-refractivity contribution is 0.757. The van der Waals surface area contributed by atoms with Crippen molar-refractivity contribution >= 4 is 22.7 Å². The third-order valence-electron chi connectivity index (χ3n) is 2.93. The van der Waals surface area contributed by atoms with Crippen molar-refractivity contribution in [3.8, 4) is 0 Å². The number of aliphatic imine (C=N–C) groups is 1. The fourth-order valence-corrected chi connectivity index (χ4v) is 2.12. The number of hydrogen-bond donors (Lipinski definition) is 3. The van der Waals surface area contributed by atoms with E-state index in [1.165, 1.54) is 0 Å². The summed E-state index contributed by atoms with van der Waals surface area (Å²) in [6.07, 6.45) is 1.62. The van der Waals surface area contributed by atoms with Crippen LogP contribution in [0.1, 0.15) is 5.69 Å². The van der Waals surface area contributed by atoms with Gasteiger partial charge in [-0.1, -0.05) is 0 Å². The molecule has 0 aromatic carbocycles. The highest BCUT2D eigenvalue weighted by Crippen LogP contribution is 2.25. The SMILES string of the molecule is Cc1nc2[nH]ccc2cc1N1CC(N)N=C1N. The number of aromatic nitrogens is 2. The zero-order valence-corrected chi connectivity index (χ0v) is 9.51. The van der Waals surface area contributed by atoms with Gasteiger partial charge in [-0.05, 0) is 19.1 Å². The van der Waals surface area contributed by atoms with Crippen LogP contribution in [-0.2, 0) is 0 Å². The number of nitrogens with two attached hydrogens (primary N) is 2. The highest BCUT2D eigenvalue weighted by molar-refractivity contribution is 5.98. The summed E-state index contributed by atoms with van der Waals surface area (Å²) in [6, 6.07) is 4.03. The molecule has 1 unspecified atom stereocenters. The number of aryl methyl sites for hydroxylation is 1. The molecule has 17 heavy (non-hydrogen) atoms. The Hall–Kier alpha value is -2.08. The van der Waals surface area contributed by atoms with Crippen molar-refractivity contribution in [2.24, 2.45) is 16.5 Å². The lowest BCUT2D eigenvalue weighted by Gasteiger charge is -2.19. The number of pyridine rings is 1. The maximum Gasteiger partial charge on any atom is 0.197 e. The van der Waals surface area contributed by atoms with Gasteiger partial charge in [0.25, 0.3) is 0 Å². The second-order valence-corrected chi connectivity index (χ2v) is 4.17. The average Bonchev–Trinajstić information content (AvgIpc) is 2.83. The molecule has 0 saturated carbocycles. The summed E-state index contributed by atoms with van der Waals surface area (Å²) in [5, 5.41) is 1.05. The normalized spacial score (nSPS) is 20.0. The topological polar surface area (TPSA) is 96.3 Å². The van der Waals surface area contributed by atoms with Crippen molar-refractivity contribution in [2.75, 3.05) is 11.4 Å². The molecule has 2 aromatic rings. The molecule has 6 heteroatoms. The van der Waals surface area contributed by atoms with Gasteiger partial charge < -0.3 is 21.4 Å². The van der Waals surface area contributed by atoms with E-state index in [0.29, 0.717) is 12.5 Å². The molecule has 6 nitrogen and oxygen atoms in total. The summed E-state index contributed by atoms with van der Waals surface area (Å²) < 4.78 is 0. The summed E-state index contributed by atoms with van der Waals surface area (Å²) in [5.74, 6) is 0.456. The van der Waals surface area contributed by atoms with Gasteiger partial charge in [0, 0.05) is 11.6 Å². The van der Waals surface area contributed by atoms with E-state index in [1.54, 1.807) is 0 Å². The Balaban J connectivity index is 2.11. The highest BCUT2D eigenvalue weighted by atomic mass is 15.3. The van der Waals surface area contributed by atoms with Crippen LogP contribution in [0, 0.1) is 6.92 Å². The van der Waals surface area contributed by atoms with Crippen LogP contribution in [-0.4, -0.2) is 28.6 Å². The predicted molar refractivity (Wildman–Crippen MR) is 67.8 cm³/mol. The van der Waals surface area contributed by atoms with Gasteiger partial charge in [0.15, 0.2) is 5.96 Å². The van der Waals surface area contributed by atoms with E-state index < -0.39 is 0 Å². The van der Waals surface area contributed by atoms with Gasteiger partial charge in [-0.2, -0.15) is 0 Å². The van der Waals surface area contributed by atoms with Crippen molar-refractivity contribution in [1.29, 1.82) is 0 Å². The highest BCUT2D eigenvalue weighted by Gasteiger charge is 2.23. The Morgan fingerprint density at radius 3 is 3.06 bits per heavy atom. The molecular weight excluding hydrogens is 216 g/mol. The molecule has 0 bridgehead atoms. The average molecular weight is 230 g/mol. The maximum atomic E-state index is 5.85. The lowest BCUT2D eigenvalue weighted by Crippen LogP contribution is -2.36. The summed E-state index contributed by atoms with van der Waals surface area (Å²) >= 11 is 0. The predicted octanol–water partition coefficient (Wildman–Crippen LogP) is 0.291. The quantitative estimate of drug-likeness (QED) is 0.656. The first kappa shape index (κ1) is 10.1. The molecule has 3 heterocycles. The number of nitrogens with one attached hydrogen (secondary N) is 1. The van der Waals surface area contributed by atoms with E-state index >= 15 is 0 Å². The second kappa shape index (κ2) is 3.46. The lowest BCUT2D eigenvalue weighted by atomic mass is 10.2. The molecule has 0 spiro atoms. The van der Waals surface area contributed by atoms with Gasteiger partial charge in [0.1, 0.15) is 11.8 Å². The number of fused-ring (bicyclic) bond motifs is 1. The van der Waals surface area contributed by atoms with E-state index in [-0.39, 0.29) is 6.17 Å². The molecule has 3 rings (SSSR count). The molecule has 0 radical (unpaired) electrons. The summed E-state index contributed by atoms with van der Waals surface area (Å²) in [6.45, 7) is 2.55. The molecule has 0 aliphatic carbocycles. The van der Waals surface area contributed by atoms with Gasteiger partial charge in [-0.25, -0.2) is 9.98 Å². The minimum Gasteiger partial charge on any atom is -0.369 e. The fraction of sp³-hybridized carbons (Fsp3) is 0.273. The van der Waals surface area contributed by atoms with E-state index in [2.05, 4.69) is 21.0 Å². The number of anilines is 1. The Morgan fingerprint density at radius 2 is 2.35 bits per heavy atom. The van der Waals surface area contributed by atoms with Crippen LogP contribution in [0.2, 0.25) is 0 Å². The Morgan fingerprint density at radius 1 is 1.53 bits per heavy atom. The van der Waals surface area contributed by atoms with Crippen LogP contribution in [0.4, 0.5) is 5.69 Å². The third-order valence-corrected chi connectivity index (χ3v) is 2.93. The molecule has 1 atom stereocenters. The summed E-state index contributed by atoms with van der Waals surface area (Å²) in [5.41, 5.74) is 14.4. The van der Waals surface area contributed by atoms with Crippen LogP contribution in [0.3, 0.4) is 0 Å². The Kier molecular flexibility index (Phi) is 2.05. The van der Waals surface area contributed by atoms with E-state index in [9.17, 15) is 0 Å². The number of rotatable bonds is 1. The Labute approximate surface area is 98.3 Å². The second-order valence-electron chi connectivity index (χ2n) is 4.17. The molecule has 1 aliphatic rings. The fourth-order valence-electron chi connectivity index (χ4n) is 2.12. The van der Waals surface area contributed by atoms with E-state index in [0.717, 1.165) is 22.4 Å². The molecule has 1 aliphatic heterocycles. The third kappa shape index (κ3) is 1.53. The first-order valence-electron chi connectivity index (χ1n) is 5.46. The van der Waals surface area contributed by atoms with Gasteiger partial charge in [-0.15, -0.1) is 0 Å². The van der Waals surface area contributed by atoms with E-state index in [1.807, 2.05) is 24.1 Å². The molecule has 0 amide bonds. The number of nitrogens with zero attached hydrogens (tertiary/aromatic N) is 3. The zero-order valence-electron chi connectivity index (χ0n) is 9.51. The Bertz CT molecular complexity index is 599. The van der Waals surface area contributed by atoms with Crippen molar-refractivity contribution in [3.63, 3.8) is 0 Å². The van der Waals surface area contributed by atoms with Crippen LogP contribution in [0.5, 0.6) is 0 Å². The van der Waals surface area contributed by atoms with Crippen molar-refractivity contribution < 1.29 is 0 Å². The summed E-state index contributed by atoms with van der Waals surface area (Å²) in [4.78, 5) is 13.6. The summed E-state index contributed by atoms with van der Waals surface area (Å²) in [7, 11) is 0. The molecule has 88 valence electrons. The minimum absolute atomic E-state index is 0.253. The van der Waals surface area contributed by atoms with Crippen LogP contribution in [0.15, 0.2) is 23.3 Å². The van der Waals surface area contributed by atoms with Crippen molar-refractivity contribution in [2.45, 2.75) is 13.1 Å². The smallest absolute Gasteiger partial charge is 0.197 e. The first-order chi connectivity index (χ1) is 8.15. The number of hydrogen-bond acceptors (Lipinski definition) is 5. The number of guanidine groups is 1. The van der Waals surface area contributed by atoms with Crippen molar-refractivity contribution in [3.05, 3.63) is 24.0 Å². The largest absolute Gasteiger partial charge is 0.369 e. The monoisotopic (exact) mass is 230 g/mol. The van der Waals surface area contributed by atoms with E-state index in [4.69, 9.17) is 11.5 Å². The van der Waals surface area contributed by atoms with Crippen LogP contribution in [0.25, 0.3) is 11.0 Å². The number of aromatic amines is 1. The van der Waals surface area contributed by atoms with Crippen LogP contribution >= 0.6 is 0 Å². The van der Waals surface area contributed by atoms with Gasteiger partial charge in [-0.3, -0.25) is 0 Å². The molecule has 5 N–H and O–H groups in total.